The van der Waals surface area contributed by atoms with Crippen LogP contribution in [0.1, 0.15) is 25.3 Å². The third kappa shape index (κ3) is 3.61. The highest BCUT2D eigenvalue weighted by Crippen LogP contribution is 2.21. The van der Waals surface area contributed by atoms with Gasteiger partial charge in [-0.2, -0.15) is 0 Å². The molecule has 0 spiro atoms. The number of hydrogen-bond acceptors (Lipinski definition) is 3. The normalized spacial score (nSPS) is 10.2. The zero-order valence-corrected chi connectivity index (χ0v) is 10.1. The molecule has 1 aromatic rings. The molecule has 1 aromatic heterocycles. The van der Waals surface area contributed by atoms with Crippen molar-refractivity contribution in [2.75, 3.05) is 0 Å². The summed E-state index contributed by atoms with van der Waals surface area (Å²) < 4.78 is 17.9. The SMILES string of the molecule is CCCC(=O)OCc1cc(F)c(Cl)nc1Cl. The third-order valence-corrected chi connectivity index (χ3v) is 2.39. The van der Waals surface area contributed by atoms with Crippen molar-refractivity contribution in [3.8, 4) is 0 Å². The van der Waals surface area contributed by atoms with E-state index in [-0.39, 0.29) is 22.9 Å². The second-order valence-electron chi connectivity index (χ2n) is 3.12. The van der Waals surface area contributed by atoms with Crippen LogP contribution in [-0.2, 0) is 16.1 Å². The minimum atomic E-state index is -0.687. The maximum Gasteiger partial charge on any atom is 0.306 e. The van der Waals surface area contributed by atoms with Crippen molar-refractivity contribution in [2.45, 2.75) is 26.4 Å². The zero-order chi connectivity index (χ0) is 12.1. The van der Waals surface area contributed by atoms with E-state index in [2.05, 4.69) is 4.98 Å². The average molecular weight is 266 g/mol. The molecule has 0 saturated heterocycles. The van der Waals surface area contributed by atoms with Gasteiger partial charge in [-0.1, -0.05) is 30.1 Å². The molecule has 3 nitrogen and oxygen atoms in total. The molecule has 0 amide bonds. The standard InChI is InChI=1S/C10H10Cl2FNO2/c1-2-3-8(15)16-5-6-4-7(13)10(12)14-9(6)11/h4H,2-3,5H2,1H3. The minimum Gasteiger partial charge on any atom is -0.461 e. The molecule has 16 heavy (non-hydrogen) atoms. The fourth-order valence-corrected chi connectivity index (χ4v) is 1.40. The van der Waals surface area contributed by atoms with Gasteiger partial charge in [0.1, 0.15) is 11.8 Å². The monoisotopic (exact) mass is 265 g/mol. The first kappa shape index (κ1) is 13.2. The van der Waals surface area contributed by atoms with Gasteiger partial charge in [-0.3, -0.25) is 4.79 Å². The molecule has 88 valence electrons. The average Bonchev–Trinajstić information content (AvgIpc) is 2.22. The van der Waals surface area contributed by atoms with Gasteiger partial charge in [-0.15, -0.1) is 0 Å². The Labute approximate surface area is 103 Å². The molecule has 0 atom stereocenters. The molecule has 1 rings (SSSR count). The van der Waals surface area contributed by atoms with Gasteiger partial charge in [0.25, 0.3) is 0 Å². The number of nitrogens with zero attached hydrogens (tertiary/aromatic N) is 1. The van der Waals surface area contributed by atoms with Crippen LogP contribution in [0.15, 0.2) is 6.07 Å². The van der Waals surface area contributed by atoms with Crippen molar-refractivity contribution >= 4 is 29.2 Å². The lowest BCUT2D eigenvalue weighted by atomic mass is 10.3. The Morgan fingerprint density at radius 3 is 2.81 bits per heavy atom. The van der Waals surface area contributed by atoms with E-state index in [4.69, 9.17) is 27.9 Å². The van der Waals surface area contributed by atoms with E-state index in [1.807, 2.05) is 6.92 Å². The number of carbonyl (C=O) groups excluding carboxylic acids is 1. The molecule has 0 fully saturated rings. The summed E-state index contributed by atoms with van der Waals surface area (Å²) in [7, 11) is 0. The number of halogens is 3. The second-order valence-corrected chi connectivity index (χ2v) is 3.84. The summed E-state index contributed by atoms with van der Waals surface area (Å²) in [5.41, 5.74) is 0.299. The van der Waals surface area contributed by atoms with Crippen molar-refractivity contribution in [2.24, 2.45) is 0 Å². The predicted molar refractivity (Wildman–Crippen MR) is 58.9 cm³/mol. The van der Waals surface area contributed by atoms with E-state index in [9.17, 15) is 9.18 Å². The van der Waals surface area contributed by atoms with Crippen LogP contribution in [0, 0.1) is 5.82 Å². The number of aromatic nitrogens is 1. The van der Waals surface area contributed by atoms with Crippen LogP contribution < -0.4 is 0 Å². The Bertz CT molecular complexity index is 399. The highest BCUT2D eigenvalue weighted by atomic mass is 35.5. The first-order valence-electron chi connectivity index (χ1n) is 4.70. The topological polar surface area (TPSA) is 39.2 Å². The van der Waals surface area contributed by atoms with Crippen LogP contribution in [0.5, 0.6) is 0 Å². The van der Waals surface area contributed by atoms with Crippen LogP contribution >= 0.6 is 23.2 Å². The first-order chi connectivity index (χ1) is 7.54. The summed E-state index contributed by atoms with van der Waals surface area (Å²) in [4.78, 5) is 14.6. The van der Waals surface area contributed by atoms with E-state index in [1.165, 1.54) is 0 Å². The lowest BCUT2D eigenvalue weighted by Gasteiger charge is -2.06. The largest absolute Gasteiger partial charge is 0.461 e. The van der Waals surface area contributed by atoms with E-state index >= 15 is 0 Å². The number of ether oxygens (including phenoxy) is 1. The molecule has 0 aromatic carbocycles. The van der Waals surface area contributed by atoms with Gasteiger partial charge in [-0.05, 0) is 12.5 Å². The van der Waals surface area contributed by atoms with Crippen LogP contribution in [0.2, 0.25) is 10.3 Å². The molecular formula is C10H10Cl2FNO2. The Hall–Kier alpha value is -0.870. The molecule has 0 saturated carbocycles. The molecule has 0 N–H and O–H groups in total. The lowest BCUT2D eigenvalue weighted by molar-refractivity contribution is -0.145. The van der Waals surface area contributed by atoms with Crippen molar-refractivity contribution in [3.05, 3.63) is 27.8 Å². The molecule has 0 aliphatic carbocycles. The lowest BCUT2D eigenvalue weighted by Crippen LogP contribution is -2.05. The summed E-state index contributed by atoms with van der Waals surface area (Å²) >= 11 is 11.1. The summed E-state index contributed by atoms with van der Waals surface area (Å²) in [6.45, 7) is 1.76. The van der Waals surface area contributed by atoms with Crippen molar-refractivity contribution < 1.29 is 13.9 Å². The maximum atomic E-state index is 13.0. The zero-order valence-electron chi connectivity index (χ0n) is 8.60. The van der Waals surface area contributed by atoms with Gasteiger partial charge in [0.2, 0.25) is 0 Å². The molecular weight excluding hydrogens is 256 g/mol. The molecule has 0 aliphatic heterocycles. The van der Waals surface area contributed by atoms with Gasteiger partial charge < -0.3 is 4.74 Å². The third-order valence-electron chi connectivity index (χ3n) is 1.80. The second kappa shape index (κ2) is 6.01. The highest BCUT2D eigenvalue weighted by Gasteiger charge is 2.10. The van der Waals surface area contributed by atoms with Crippen LogP contribution in [-0.4, -0.2) is 11.0 Å². The van der Waals surface area contributed by atoms with Crippen molar-refractivity contribution in [1.29, 1.82) is 0 Å². The van der Waals surface area contributed by atoms with Crippen LogP contribution in [0.25, 0.3) is 0 Å². The quantitative estimate of drug-likeness (QED) is 0.619. The highest BCUT2D eigenvalue weighted by molar-refractivity contribution is 6.32. The van der Waals surface area contributed by atoms with Gasteiger partial charge >= 0.3 is 5.97 Å². The Balaban J connectivity index is 2.67. The van der Waals surface area contributed by atoms with Crippen molar-refractivity contribution in [3.63, 3.8) is 0 Å². The summed E-state index contributed by atoms with van der Waals surface area (Å²) in [6.07, 6.45) is 1.01. The van der Waals surface area contributed by atoms with Gasteiger partial charge in [0, 0.05) is 12.0 Å². The van der Waals surface area contributed by atoms with Crippen LogP contribution in [0.4, 0.5) is 4.39 Å². The van der Waals surface area contributed by atoms with E-state index in [0.29, 0.717) is 18.4 Å². The number of esters is 1. The summed E-state index contributed by atoms with van der Waals surface area (Å²) in [5.74, 6) is -1.04. The number of rotatable bonds is 4. The fraction of sp³-hybridized carbons (Fsp3) is 0.400. The van der Waals surface area contributed by atoms with Gasteiger partial charge in [0.05, 0.1) is 0 Å². The van der Waals surface area contributed by atoms with E-state index in [1.54, 1.807) is 0 Å². The summed E-state index contributed by atoms with van der Waals surface area (Å²) in [5, 5.41) is -0.260. The van der Waals surface area contributed by atoms with E-state index < -0.39 is 5.82 Å². The molecule has 0 radical (unpaired) electrons. The minimum absolute atomic E-state index is 0.0377. The maximum absolute atomic E-state index is 13.0. The molecule has 1 heterocycles. The molecule has 0 unspecified atom stereocenters. The predicted octanol–water partition coefficient (Wildman–Crippen LogP) is 3.37. The molecule has 6 heteroatoms. The van der Waals surface area contributed by atoms with Crippen LogP contribution in [0.3, 0.4) is 0 Å². The van der Waals surface area contributed by atoms with E-state index in [0.717, 1.165) is 6.07 Å². The Kier molecular flexibility index (Phi) is 4.96. The Morgan fingerprint density at radius 1 is 1.50 bits per heavy atom. The van der Waals surface area contributed by atoms with Crippen molar-refractivity contribution in [1.82, 2.24) is 4.98 Å². The smallest absolute Gasteiger partial charge is 0.306 e. The molecule has 0 bridgehead atoms. The summed E-state index contributed by atoms with van der Waals surface area (Å²) in [6, 6.07) is 1.11. The first-order valence-corrected chi connectivity index (χ1v) is 5.46. The fourth-order valence-electron chi connectivity index (χ4n) is 1.02. The number of pyridine rings is 1. The number of carbonyl (C=O) groups is 1. The Morgan fingerprint density at radius 2 is 2.19 bits per heavy atom. The number of hydrogen-bond donors (Lipinski definition) is 0. The van der Waals surface area contributed by atoms with Gasteiger partial charge in [-0.25, -0.2) is 9.37 Å². The van der Waals surface area contributed by atoms with Gasteiger partial charge in [0.15, 0.2) is 11.0 Å². The molecule has 0 aliphatic rings.